The Bertz CT molecular complexity index is 297. The van der Waals surface area contributed by atoms with Crippen molar-refractivity contribution in [2.24, 2.45) is 0 Å². The van der Waals surface area contributed by atoms with Gasteiger partial charge in [-0.05, 0) is 24.6 Å². The van der Waals surface area contributed by atoms with Crippen LogP contribution in [0.1, 0.15) is 8.30 Å². The molecule has 0 aliphatic rings. The molecule has 0 radical (unpaired) electrons. The highest BCUT2D eigenvalue weighted by molar-refractivity contribution is 5.44. The Kier molecular flexibility index (Phi) is 0.916. The van der Waals surface area contributed by atoms with E-state index in [1.165, 1.54) is 0 Å². The van der Waals surface area contributed by atoms with Gasteiger partial charge in [-0.15, -0.1) is 0 Å². The summed E-state index contributed by atoms with van der Waals surface area (Å²) in [5, 5.41) is 1.13. The molecule has 48 valence electrons. The molecule has 0 bridgehead atoms. The van der Waals surface area contributed by atoms with Crippen molar-refractivity contribution in [3.8, 4) is 0 Å². The maximum Gasteiger partial charge on any atom is 0.160 e. The third-order valence-electron chi connectivity index (χ3n) is 1.10. The normalized spacial score (nSPS) is 13.8. The Morgan fingerprint density at radius 1 is 1.78 bits per heavy atom. The molecule has 1 aromatic carbocycles. The van der Waals surface area contributed by atoms with E-state index in [1.54, 1.807) is 26.1 Å². The van der Waals surface area contributed by atoms with E-state index in [0.29, 0.717) is 17.3 Å². The van der Waals surface area contributed by atoms with Crippen LogP contribution in [0.3, 0.4) is 0 Å². The van der Waals surface area contributed by atoms with Gasteiger partial charge in [-0.3, -0.25) is 0 Å². The molecule has 0 spiro atoms. The number of rotatable bonds is 1. The minimum absolute atomic E-state index is 0.264. The third-order valence-corrected chi connectivity index (χ3v) is 1.10. The highest BCUT2D eigenvalue weighted by Gasteiger charge is 1.84. The number of nitrogens with one attached hydrogen (secondary N) is 1. The van der Waals surface area contributed by atoms with Crippen molar-refractivity contribution in [3.63, 3.8) is 0 Å². The van der Waals surface area contributed by atoms with Crippen LogP contribution in [0.25, 0.3) is 0 Å². The lowest BCUT2D eigenvalue weighted by molar-refractivity contribution is 1.43. The first kappa shape index (κ1) is 3.25. The van der Waals surface area contributed by atoms with Gasteiger partial charge in [0.25, 0.3) is 0 Å². The maximum absolute atomic E-state index is 7.58. The first-order valence-corrected chi connectivity index (χ1v) is 2.83. The highest BCUT2D eigenvalue weighted by Crippen LogP contribution is 2.07. The van der Waals surface area contributed by atoms with Crippen molar-refractivity contribution in [2.75, 3.05) is 12.4 Å². The predicted molar refractivity (Wildman–Crippen MR) is 40.7 cm³/mol. The Labute approximate surface area is 60.0 Å². The topological polar surface area (TPSA) is 12.0 Å². The van der Waals surface area contributed by atoms with Gasteiger partial charge >= 0.3 is 0 Å². The maximum atomic E-state index is 7.58. The summed E-state index contributed by atoms with van der Waals surface area (Å²) in [6.07, 6.45) is 0. The molecular weight excluding hydrogens is 110 g/mol. The van der Waals surface area contributed by atoms with Crippen LogP contribution in [-0.4, -0.2) is 7.05 Å². The predicted octanol–water partition coefficient (Wildman–Crippen LogP) is 2.04. The molecule has 0 aliphatic carbocycles. The summed E-state index contributed by atoms with van der Waals surface area (Å²) in [5.41, 5.74) is 1.15. The van der Waals surface area contributed by atoms with E-state index in [4.69, 9.17) is 4.15 Å². The second-order valence-corrected chi connectivity index (χ2v) is 1.84. The highest BCUT2D eigenvalue weighted by atomic mass is 14.8. The second kappa shape index (κ2) is 2.53. The van der Waals surface area contributed by atoms with Gasteiger partial charge in [-0.25, -0.2) is 0 Å². The van der Waals surface area contributed by atoms with Crippen molar-refractivity contribution in [1.29, 1.82) is 0 Å². The van der Waals surface area contributed by atoms with Crippen molar-refractivity contribution < 1.29 is 4.15 Å². The van der Waals surface area contributed by atoms with Crippen LogP contribution in [0, 0.1) is 6.92 Å². The minimum atomic E-state index is 0.264. The summed E-state index contributed by atoms with van der Waals surface area (Å²) in [5.74, 6) is 0. The standard InChI is InChI=1S/C8H11N/c1-7-4-3-5-8(6-7)9-2/h3-6,9H,1-2H3/i4D,6D/hD. The monoisotopic (exact) mass is 124 g/mol. The lowest BCUT2D eigenvalue weighted by Crippen LogP contribution is -1.86. The van der Waals surface area contributed by atoms with E-state index in [0.717, 1.165) is 5.31 Å². The fourth-order valence-corrected chi connectivity index (χ4v) is 0.646. The van der Waals surface area contributed by atoms with Gasteiger partial charge in [0.1, 0.15) is 0 Å². The van der Waals surface area contributed by atoms with E-state index in [9.17, 15) is 0 Å². The first-order valence-electron chi connectivity index (χ1n) is 4.28. The molecule has 1 nitrogen and oxygen atoms in total. The fraction of sp³-hybridized carbons (Fsp3) is 0.250. The third kappa shape index (κ3) is 1.46. The van der Waals surface area contributed by atoms with Gasteiger partial charge in [0.2, 0.25) is 0 Å². The Balaban J connectivity index is 3.27. The molecule has 9 heavy (non-hydrogen) atoms. The zero-order valence-electron chi connectivity index (χ0n) is 8.60. The summed E-state index contributed by atoms with van der Waals surface area (Å²) in [4.78, 5) is 0. The SMILES string of the molecule is [2H]c1ccc(N([2H])C)c([2H])c1C. The smallest absolute Gasteiger partial charge is 0.160 e. The second-order valence-electron chi connectivity index (χ2n) is 1.84. The average molecular weight is 124 g/mol. The zero-order chi connectivity index (χ0) is 9.30. The first-order chi connectivity index (χ1) is 5.54. The fourth-order valence-electron chi connectivity index (χ4n) is 0.646. The molecule has 1 heteroatoms. The molecule has 0 aliphatic heterocycles. The van der Waals surface area contributed by atoms with Gasteiger partial charge in [-0.1, -0.05) is 12.1 Å². The summed E-state index contributed by atoms with van der Waals surface area (Å²) < 4.78 is 22.3. The lowest BCUT2D eigenvalue weighted by atomic mass is 10.2. The van der Waals surface area contributed by atoms with Gasteiger partial charge < -0.3 is 5.31 Å². The van der Waals surface area contributed by atoms with Crippen molar-refractivity contribution >= 4 is 5.69 Å². The summed E-state index contributed by atoms with van der Waals surface area (Å²) in [6.45, 7) is 1.72. The summed E-state index contributed by atoms with van der Waals surface area (Å²) in [6, 6.07) is 3.84. The molecule has 1 aromatic rings. The number of benzene rings is 1. The van der Waals surface area contributed by atoms with E-state index < -0.39 is 0 Å². The van der Waals surface area contributed by atoms with Gasteiger partial charge in [-0.2, -0.15) is 0 Å². The number of hydrogen-bond acceptors (Lipinski definition) is 1. The molecule has 0 fully saturated rings. The Morgan fingerprint density at radius 3 is 3.22 bits per heavy atom. The van der Waals surface area contributed by atoms with Crippen LogP contribution in [0.4, 0.5) is 5.69 Å². The van der Waals surface area contributed by atoms with Crippen molar-refractivity contribution in [2.45, 2.75) is 6.92 Å². The van der Waals surface area contributed by atoms with E-state index in [1.807, 2.05) is 0 Å². The van der Waals surface area contributed by atoms with Crippen LogP contribution in [0.5, 0.6) is 0 Å². The average Bonchev–Trinajstić information content (AvgIpc) is 2.00. The molecule has 0 saturated carbocycles. The van der Waals surface area contributed by atoms with Gasteiger partial charge in [0.15, 0.2) is 1.41 Å². The molecular formula is C8H11N. The van der Waals surface area contributed by atoms with E-state index >= 15 is 0 Å². The van der Waals surface area contributed by atoms with Crippen molar-refractivity contribution in [3.05, 3.63) is 29.8 Å². The summed E-state index contributed by atoms with van der Waals surface area (Å²) >= 11 is 0. The van der Waals surface area contributed by atoms with E-state index in [-0.39, 0.29) is 6.04 Å². The van der Waals surface area contributed by atoms with Gasteiger partial charge in [0, 0.05) is 12.7 Å². The minimum Gasteiger partial charge on any atom is -0.388 e. The zero-order valence-corrected chi connectivity index (χ0v) is 5.60. The Hall–Kier alpha value is -0.980. The molecule has 1 N–H and O–H groups in total. The number of hydrogen-bond donors (Lipinski definition) is 1. The van der Waals surface area contributed by atoms with Crippen LogP contribution in [-0.2, 0) is 0 Å². The lowest BCUT2D eigenvalue weighted by Gasteiger charge is -1.98. The quantitative estimate of drug-likeness (QED) is 0.604. The largest absolute Gasteiger partial charge is 0.388 e. The molecule has 0 atom stereocenters. The van der Waals surface area contributed by atoms with Crippen molar-refractivity contribution in [1.82, 2.24) is 0 Å². The van der Waals surface area contributed by atoms with Crippen LogP contribution < -0.4 is 5.31 Å². The van der Waals surface area contributed by atoms with Gasteiger partial charge in [0.05, 0.1) is 2.74 Å². The molecule has 0 saturated heterocycles. The summed E-state index contributed by atoms with van der Waals surface area (Å²) in [7, 11) is 1.57. The number of anilines is 1. The van der Waals surface area contributed by atoms with E-state index in [2.05, 4.69) is 0 Å². The van der Waals surface area contributed by atoms with Crippen LogP contribution in [0.2, 0.25) is 1.41 Å². The molecule has 0 heterocycles. The Morgan fingerprint density at radius 2 is 2.56 bits per heavy atom. The van der Waals surface area contributed by atoms with Crippen LogP contribution in [0.15, 0.2) is 24.2 Å². The molecule has 0 unspecified atom stereocenters. The molecule has 0 aromatic heterocycles. The van der Waals surface area contributed by atoms with Crippen LogP contribution >= 0.6 is 0 Å². The molecule has 0 amide bonds. The molecule has 1 rings (SSSR count).